The van der Waals surface area contributed by atoms with Crippen LogP contribution in [0.3, 0.4) is 0 Å². The number of nitrogens with one attached hydrogen (secondary N) is 2. The van der Waals surface area contributed by atoms with Crippen molar-refractivity contribution < 1.29 is 9.53 Å². The first-order chi connectivity index (χ1) is 13.1. The normalized spacial score (nSPS) is 10.5. The molecule has 0 spiro atoms. The van der Waals surface area contributed by atoms with Gasteiger partial charge < -0.3 is 15.4 Å². The van der Waals surface area contributed by atoms with Gasteiger partial charge in [0.05, 0.1) is 12.8 Å². The molecular weight excluding hydrogens is 384 g/mol. The van der Waals surface area contributed by atoms with Gasteiger partial charge in [-0.2, -0.15) is 0 Å². The van der Waals surface area contributed by atoms with Gasteiger partial charge in [-0.05, 0) is 42.8 Å². The number of aromatic nitrogens is 2. The summed E-state index contributed by atoms with van der Waals surface area (Å²) in [5.41, 5.74) is 2.59. The first kappa shape index (κ1) is 19.1. The number of thiazole rings is 1. The maximum absolute atomic E-state index is 11.7. The molecule has 0 aliphatic heterocycles. The van der Waals surface area contributed by atoms with Crippen LogP contribution in [0.1, 0.15) is 11.3 Å². The highest BCUT2D eigenvalue weighted by atomic mass is 35.5. The monoisotopic (exact) mass is 402 g/mol. The molecule has 8 heteroatoms. The van der Waals surface area contributed by atoms with E-state index in [-0.39, 0.29) is 5.91 Å². The second-order valence-corrected chi connectivity index (χ2v) is 7.16. The predicted octanol–water partition coefficient (Wildman–Crippen LogP) is 4.29. The van der Waals surface area contributed by atoms with Gasteiger partial charge in [-0.3, -0.25) is 4.79 Å². The van der Waals surface area contributed by atoms with E-state index in [1.807, 2.05) is 30.3 Å². The van der Waals surface area contributed by atoms with Crippen molar-refractivity contribution in [1.29, 1.82) is 0 Å². The number of methoxy groups -OCH3 is 1. The molecule has 0 aliphatic carbocycles. The lowest BCUT2D eigenvalue weighted by atomic mass is 10.1. The Morgan fingerprint density at radius 3 is 2.70 bits per heavy atom. The van der Waals surface area contributed by atoms with Crippen molar-refractivity contribution in [2.75, 3.05) is 19.5 Å². The van der Waals surface area contributed by atoms with Gasteiger partial charge in [0, 0.05) is 35.8 Å². The highest BCUT2D eigenvalue weighted by Gasteiger charge is 2.15. The summed E-state index contributed by atoms with van der Waals surface area (Å²) < 4.78 is 5.18. The first-order valence-electron chi connectivity index (χ1n) is 8.32. The van der Waals surface area contributed by atoms with E-state index in [1.165, 1.54) is 11.3 Å². The molecule has 3 rings (SSSR count). The molecule has 27 heavy (non-hydrogen) atoms. The molecule has 1 aromatic carbocycles. The van der Waals surface area contributed by atoms with Crippen LogP contribution in [0.15, 0.2) is 42.6 Å². The van der Waals surface area contributed by atoms with Crippen molar-refractivity contribution in [3.63, 3.8) is 0 Å². The van der Waals surface area contributed by atoms with E-state index in [9.17, 15) is 4.79 Å². The van der Waals surface area contributed by atoms with E-state index in [0.29, 0.717) is 18.0 Å². The van der Waals surface area contributed by atoms with E-state index in [0.717, 1.165) is 32.7 Å². The van der Waals surface area contributed by atoms with Crippen LogP contribution < -0.4 is 15.4 Å². The molecule has 0 bridgehead atoms. The number of ether oxygens (including phenoxy) is 1. The molecule has 0 aliphatic rings. The Kier molecular flexibility index (Phi) is 6.26. The van der Waals surface area contributed by atoms with Crippen LogP contribution in [-0.2, 0) is 11.2 Å². The van der Waals surface area contributed by atoms with Crippen molar-refractivity contribution in [3.8, 4) is 17.0 Å². The summed E-state index contributed by atoms with van der Waals surface area (Å²) in [6, 6.07) is 11.2. The summed E-state index contributed by atoms with van der Waals surface area (Å²) in [6.45, 7) is 0. The minimum absolute atomic E-state index is 0.00762. The highest BCUT2D eigenvalue weighted by molar-refractivity contribution is 7.16. The number of benzene rings is 1. The third kappa shape index (κ3) is 4.96. The molecule has 2 N–H and O–H groups in total. The fourth-order valence-electron chi connectivity index (χ4n) is 2.50. The largest absolute Gasteiger partial charge is 0.497 e. The van der Waals surface area contributed by atoms with Crippen LogP contribution in [0.25, 0.3) is 11.3 Å². The topological polar surface area (TPSA) is 76.1 Å². The fraction of sp³-hybridized carbons (Fsp3) is 0.211. The molecule has 6 nitrogen and oxygen atoms in total. The summed E-state index contributed by atoms with van der Waals surface area (Å²) in [6.07, 6.45) is 2.64. The molecule has 0 atom stereocenters. The summed E-state index contributed by atoms with van der Waals surface area (Å²) in [4.78, 5) is 21.4. The Balaban J connectivity index is 1.89. The van der Waals surface area contributed by atoms with Crippen LogP contribution in [0.4, 0.5) is 10.8 Å². The number of nitrogens with zero attached hydrogens (tertiary/aromatic N) is 2. The summed E-state index contributed by atoms with van der Waals surface area (Å²) >= 11 is 7.56. The number of aryl methyl sites for hydroxylation is 1. The molecule has 0 saturated heterocycles. The maximum atomic E-state index is 11.7. The first-order valence-corrected chi connectivity index (χ1v) is 9.52. The lowest BCUT2D eigenvalue weighted by Gasteiger charge is -2.04. The van der Waals surface area contributed by atoms with Crippen LogP contribution in [0, 0.1) is 0 Å². The highest BCUT2D eigenvalue weighted by Crippen LogP contribution is 2.34. The summed E-state index contributed by atoms with van der Waals surface area (Å²) in [7, 11) is 3.27. The molecule has 0 fully saturated rings. The SMILES string of the molecule is CNC(=O)CCc1sc(Nc2ccc(OC)cc2)nc1-c1ccnc(Cl)c1. The second kappa shape index (κ2) is 8.83. The minimum Gasteiger partial charge on any atom is -0.497 e. The Morgan fingerprint density at radius 2 is 2.04 bits per heavy atom. The van der Waals surface area contributed by atoms with Crippen LogP contribution in [-0.4, -0.2) is 30.0 Å². The van der Waals surface area contributed by atoms with E-state index >= 15 is 0 Å². The van der Waals surface area contributed by atoms with Crippen molar-refractivity contribution in [2.45, 2.75) is 12.8 Å². The zero-order valence-corrected chi connectivity index (χ0v) is 16.5. The van der Waals surface area contributed by atoms with Crippen molar-refractivity contribution >= 4 is 39.7 Å². The van der Waals surface area contributed by atoms with Crippen molar-refractivity contribution in [1.82, 2.24) is 15.3 Å². The third-order valence-electron chi connectivity index (χ3n) is 3.90. The van der Waals surface area contributed by atoms with Gasteiger partial charge in [0.1, 0.15) is 10.9 Å². The maximum Gasteiger partial charge on any atom is 0.220 e. The lowest BCUT2D eigenvalue weighted by Crippen LogP contribution is -2.17. The van der Waals surface area contributed by atoms with Crippen molar-refractivity contribution in [2.24, 2.45) is 0 Å². The quantitative estimate of drug-likeness (QED) is 0.576. The molecule has 0 saturated carbocycles. The van der Waals surface area contributed by atoms with Gasteiger partial charge in [-0.1, -0.05) is 11.6 Å². The van der Waals surface area contributed by atoms with Crippen LogP contribution in [0.2, 0.25) is 5.15 Å². The molecule has 3 aromatic rings. The Bertz CT molecular complexity index is 928. The number of amides is 1. The lowest BCUT2D eigenvalue weighted by molar-refractivity contribution is -0.120. The molecule has 1 amide bonds. The van der Waals surface area contributed by atoms with Crippen LogP contribution in [0.5, 0.6) is 5.75 Å². The number of halogens is 1. The summed E-state index contributed by atoms with van der Waals surface area (Å²) in [5.74, 6) is 0.782. The van der Waals surface area contributed by atoms with E-state index in [1.54, 1.807) is 26.4 Å². The van der Waals surface area contributed by atoms with Gasteiger partial charge >= 0.3 is 0 Å². The molecule has 0 radical (unpaired) electrons. The molecule has 2 heterocycles. The number of hydrogen-bond donors (Lipinski definition) is 2. The number of hydrogen-bond acceptors (Lipinski definition) is 6. The Morgan fingerprint density at radius 1 is 1.26 bits per heavy atom. The van der Waals surface area contributed by atoms with Gasteiger partial charge in [0.15, 0.2) is 5.13 Å². The zero-order valence-electron chi connectivity index (χ0n) is 15.0. The molecular formula is C19H19ClN4O2S. The molecule has 0 unspecified atom stereocenters. The fourth-order valence-corrected chi connectivity index (χ4v) is 3.68. The number of carbonyl (C=O) groups is 1. The van der Waals surface area contributed by atoms with Gasteiger partial charge in [0.2, 0.25) is 5.91 Å². The van der Waals surface area contributed by atoms with Gasteiger partial charge in [-0.25, -0.2) is 9.97 Å². The minimum atomic E-state index is -0.00762. The Labute approximate surface area is 166 Å². The van der Waals surface area contributed by atoms with Gasteiger partial charge in [-0.15, -0.1) is 11.3 Å². The standard InChI is InChI=1S/C19H19ClN4O2S/c1-21-17(25)8-7-15-18(12-9-10-22-16(20)11-12)24-19(27-15)23-13-3-5-14(26-2)6-4-13/h3-6,9-11H,7-8H2,1-2H3,(H,21,25)(H,23,24). The number of pyridine rings is 1. The van der Waals surface area contributed by atoms with Gasteiger partial charge in [0.25, 0.3) is 0 Å². The molecule has 2 aromatic heterocycles. The average molecular weight is 403 g/mol. The predicted molar refractivity (Wildman–Crippen MR) is 109 cm³/mol. The smallest absolute Gasteiger partial charge is 0.220 e. The summed E-state index contributed by atoms with van der Waals surface area (Å²) in [5, 5.41) is 7.10. The average Bonchev–Trinajstić information content (AvgIpc) is 3.09. The van der Waals surface area contributed by atoms with Crippen LogP contribution >= 0.6 is 22.9 Å². The number of carbonyl (C=O) groups excluding carboxylic acids is 1. The van der Waals surface area contributed by atoms with Crippen molar-refractivity contribution in [3.05, 3.63) is 52.6 Å². The Hall–Kier alpha value is -2.64. The van der Waals surface area contributed by atoms with E-state index in [2.05, 4.69) is 15.6 Å². The zero-order chi connectivity index (χ0) is 19.2. The second-order valence-electron chi connectivity index (χ2n) is 5.68. The number of rotatable bonds is 7. The molecule has 140 valence electrons. The third-order valence-corrected chi connectivity index (χ3v) is 5.13. The van der Waals surface area contributed by atoms with E-state index < -0.39 is 0 Å². The number of anilines is 2. The van der Waals surface area contributed by atoms with E-state index in [4.69, 9.17) is 21.3 Å².